The lowest BCUT2D eigenvalue weighted by Crippen LogP contribution is -2.22. The third-order valence-electron chi connectivity index (χ3n) is 2.92. The third-order valence-corrected chi connectivity index (χ3v) is 2.92. The van der Waals surface area contributed by atoms with Crippen molar-refractivity contribution in [1.29, 1.82) is 0 Å². The first-order chi connectivity index (χ1) is 7.95. The van der Waals surface area contributed by atoms with E-state index < -0.39 is 0 Å². The van der Waals surface area contributed by atoms with Gasteiger partial charge in [0.15, 0.2) is 0 Å². The fourth-order valence-corrected chi connectivity index (χ4v) is 2.00. The standard InChI is InChI=1S/C15H22O2/c1-5-17-14(16)11-13(15(2,3)4)12-9-7-6-8-10-12/h6-10,13H,5,11H2,1-4H3/t13-/m0/s1. The first kappa shape index (κ1) is 13.8. The van der Waals surface area contributed by atoms with Crippen LogP contribution in [0.2, 0.25) is 0 Å². The third kappa shape index (κ3) is 4.22. The molecule has 0 aliphatic heterocycles. The lowest BCUT2D eigenvalue weighted by Gasteiger charge is -2.30. The van der Waals surface area contributed by atoms with Gasteiger partial charge in [0, 0.05) is 0 Å². The minimum absolute atomic E-state index is 0.0497. The molecule has 1 atom stereocenters. The summed E-state index contributed by atoms with van der Waals surface area (Å²) in [6, 6.07) is 10.2. The van der Waals surface area contributed by atoms with Crippen molar-refractivity contribution >= 4 is 5.97 Å². The topological polar surface area (TPSA) is 26.3 Å². The highest BCUT2D eigenvalue weighted by Crippen LogP contribution is 2.37. The summed E-state index contributed by atoms with van der Waals surface area (Å²) >= 11 is 0. The molecule has 0 fully saturated rings. The predicted molar refractivity (Wildman–Crippen MR) is 69.9 cm³/mol. The Bertz CT molecular complexity index is 349. The van der Waals surface area contributed by atoms with Crippen molar-refractivity contribution in [3.63, 3.8) is 0 Å². The van der Waals surface area contributed by atoms with Crippen LogP contribution >= 0.6 is 0 Å². The van der Waals surface area contributed by atoms with Crippen LogP contribution in [0.1, 0.15) is 45.6 Å². The molecule has 0 aliphatic rings. The number of hydrogen-bond donors (Lipinski definition) is 0. The van der Waals surface area contributed by atoms with Gasteiger partial charge < -0.3 is 4.74 Å². The Kier molecular flexibility index (Phi) is 4.73. The van der Waals surface area contributed by atoms with Crippen LogP contribution < -0.4 is 0 Å². The lowest BCUT2D eigenvalue weighted by molar-refractivity contribution is -0.144. The van der Waals surface area contributed by atoms with Gasteiger partial charge in [-0.25, -0.2) is 0 Å². The Morgan fingerprint density at radius 2 is 1.82 bits per heavy atom. The Morgan fingerprint density at radius 1 is 1.24 bits per heavy atom. The van der Waals surface area contributed by atoms with Gasteiger partial charge >= 0.3 is 5.97 Å². The van der Waals surface area contributed by atoms with Gasteiger partial charge in [-0.1, -0.05) is 51.1 Å². The van der Waals surface area contributed by atoms with Gasteiger partial charge in [0.2, 0.25) is 0 Å². The van der Waals surface area contributed by atoms with E-state index >= 15 is 0 Å². The van der Waals surface area contributed by atoms with Crippen LogP contribution in [0.3, 0.4) is 0 Å². The second-order valence-electron chi connectivity index (χ2n) is 5.34. The van der Waals surface area contributed by atoms with Crippen LogP contribution in [0.15, 0.2) is 30.3 Å². The maximum Gasteiger partial charge on any atom is 0.306 e. The van der Waals surface area contributed by atoms with Crippen molar-refractivity contribution in [2.24, 2.45) is 5.41 Å². The molecule has 0 amide bonds. The van der Waals surface area contributed by atoms with Gasteiger partial charge in [-0.15, -0.1) is 0 Å². The van der Waals surface area contributed by atoms with E-state index in [1.165, 1.54) is 5.56 Å². The molecule has 94 valence electrons. The molecule has 0 radical (unpaired) electrons. The molecule has 0 N–H and O–H groups in total. The molecule has 2 heteroatoms. The summed E-state index contributed by atoms with van der Waals surface area (Å²) < 4.78 is 5.05. The maximum atomic E-state index is 11.7. The average molecular weight is 234 g/mol. The largest absolute Gasteiger partial charge is 0.466 e. The zero-order valence-corrected chi connectivity index (χ0v) is 11.2. The Labute approximate surface area is 104 Å². The first-order valence-corrected chi connectivity index (χ1v) is 6.15. The number of hydrogen-bond acceptors (Lipinski definition) is 2. The second kappa shape index (κ2) is 5.85. The van der Waals surface area contributed by atoms with Crippen molar-refractivity contribution in [2.45, 2.75) is 40.0 Å². The molecule has 0 spiro atoms. The smallest absolute Gasteiger partial charge is 0.306 e. The lowest BCUT2D eigenvalue weighted by atomic mass is 9.75. The van der Waals surface area contributed by atoms with E-state index in [2.05, 4.69) is 32.9 Å². The summed E-state index contributed by atoms with van der Waals surface area (Å²) in [5.74, 6) is 0.0824. The number of carbonyl (C=O) groups excluding carboxylic acids is 1. The van der Waals surface area contributed by atoms with E-state index in [1.54, 1.807) is 0 Å². The van der Waals surface area contributed by atoms with E-state index in [0.29, 0.717) is 13.0 Å². The molecule has 1 aromatic rings. The van der Waals surface area contributed by atoms with E-state index in [-0.39, 0.29) is 17.3 Å². The van der Waals surface area contributed by atoms with Crippen molar-refractivity contribution in [3.8, 4) is 0 Å². The van der Waals surface area contributed by atoms with E-state index in [9.17, 15) is 4.79 Å². The van der Waals surface area contributed by atoms with Gasteiger partial charge in [0.25, 0.3) is 0 Å². The highest BCUT2D eigenvalue weighted by molar-refractivity contribution is 5.70. The van der Waals surface area contributed by atoms with Crippen LogP contribution in [0, 0.1) is 5.41 Å². The molecule has 0 bridgehead atoms. The van der Waals surface area contributed by atoms with Crippen LogP contribution in [-0.4, -0.2) is 12.6 Å². The molecule has 0 aliphatic carbocycles. The Balaban J connectivity index is 2.87. The molecule has 1 aromatic carbocycles. The number of esters is 1. The van der Waals surface area contributed by atoms with Gasteiger partial charge in [-0.05, 0) is 23.8 Å². The maximum absolute atomic E-state index is 11.7. The summed E-state index contributed by atoms with van der Waals surface area (Å²) in [4.78, 5) is 11.7. The monoisotopic (exact) mass is 234 g/mol. The summed E-state index contributed by atoms with van der Waals surface area (Å²) in [5, 5.41) is 0. The molecular formula is C15H22O2. The van der Waals surface area contributed by atoms with Crippen LogP contribution in [0.25, 0.3) is 0 Å². The zero-order valence-electron chi connectivity index (χ0n) is 11.2. The van der Waals surface area contributed by atoms with Crippen LogP contribution in [0.4, 0.5) is 0 Å². The molecule has 1 rings (SSSR count). The number of benzene rings is 1. The summed E-state index contributed by atoms with van der Waals surface area (Å²) in [6.07, 6.45) is 0.446. The SMILES string of the molecule is CCOC(=O)C[C@@H](c1ccccc1)C(C)(C)C. The van der Waals surface area contributed by atoms with Crippen LogP contribution in [-0.2, 0) is 9.53 Å². The van der Waals surface area contributed by atoms with Gasteiger partial charge in [-0.3, -0.25) is 4.79 Å². The summed E-state index contributed by atoms with van der Waals surface area (Å²) in [6.45, 7) is 8.76. The molecule has 0 saturated carbocycles. The molecule has 0 saturated heterocycles. The van der Waals surface area contributed by atoms with E-state index in [4.69, 9.17) is 4.74 Å². The zero-order chi connectivity index (χ0) is 12.9. The minimum atomic E-state index is -0.115. The first-order valence-electron chi connectivity index (χ1n) is 6.15. The van der Waals surface area contributed by atoms with Gasteiger partial charge in [0.05, 0.1) is 13.0 Å². The van der Waals surface area contributed by atoms with Gasteiger partial charge in [0.1, 0.15) is 0 Å². The number of ether oxygens (including phenoxy) is 1. The predicted octanol–water partition coefficient (Wildman–Crippen LogP) is 3.77. The van der Waals surface area contributed by atoms with Crippen molar-refractivity contribution in [3.05, 3.63) is 35.9 Å². The Morgan fingerprint density at radius 3 is 2.29 bits per heavy atom. The molecule has 0 unspecified atom stereocenters. The normalized spacial score (nSPS) is 13.2. The van der Waals surface area contributed by atoms with E-state index in [1.807, 2.05) is 25.1 Å². The van der Waals surface area contributed by atoms with Crippen molar-refractivity contribution in [1.82, 2.24) is 0 Å². The Hall–Kier alpha value is -1.31. The molecule has 0 heterocycles. The highest BCUT2D eigenvalue weighted by atomic mass is 16.5. The molecular weight excluding hydrogens is 212 g/mol. The second-order valence-corrected chi connectivity index (χ2v) is 5.34. The highest BCUT2D eigenvalue weighted by Gasteiger charge is 2.28. The van der Waals surface area contributed by atoms with Crippen LogP contribution in [0.5, 0.6) is 0 Å². The number of rotatable bonds is 4. The van der Waals surface area contributed by atoms with Crippen molar-refractivity contribution in [2.75, 3.05) is 6.61 Å². The fourth-order valence-electron chi connectivity index (χ4n) is 2.00. The molecule has 17 heavy (non-hydrogen) atoms. The molecule has 2 nitrogen and oxygen atoms in total. The van der Waals surface area contributed by atoms with Crippen molar-refractivity contribution < 1.29 is 9.53 Å². The minimum Gasteiger partial charge on any atom is -0.466 e. The van der Waals surface area contributed by atoms with Gasteiger partial charge in [-0.2, -0.15) is 0 Å². The number of carbonyl (C=O) groups is 1. The van der Waals surface area contributed by atoms with E-state index in [0.717, 1.165) is 0 Å². The quantitative estimate of drug-likeness (QED) is 0.741. The summed E-state index contributed by atoms with van der Waals surface area (Å²) in [5.41, 5.74) is 1.25. The fraction of sp³-hybridized carbons (Fsp3) is 0.533. The summed E-state index contributed by atoms with van der Waals surface area (Å²) in [7, 11) is 0. The average Bonchev–Trinajstić information content (AvgIpc) is 2.26. The molecule has 0 aromatic heterocycles.